The van der Waals surface area contributed by atoms with Gasteiger partial charge in [0.2, 0.25) is 0 Å². The van der Waals surface area contributed by atoms with Gasteiger partial charge in [-0.15, -0.1) is 0 Å². The molecule has 1 aliphatic carbocycles. The Bertz CT molecular complexity index is 691. The van der Waals surface area contributed by atoms with E-state index in [1.54, 1.807) is 6.07 Å². The van der Waals surface area contributed by atoms with Crippen LogP contribution in [-0.2, 0) is 4.74 Å². The SMILES string of the molecule is O=C(OC(C(F)(F)F)C(F)(F)F)N1CC2(CC(Oc3cccc(F)c3)C2)C1. The van der Waals surface area contributed by atoms with Crippen molar-refractivity contribution >= 4 is 6.09 Å². The van der Waals surface area contributed by atoms with E-state index in [4.69, 9.17) is 4.74 Å². The van der Waals surface area contributed by atoms with E-state index in [2.05, 4.69) is 4.74 Å². The maximum atomic E-state index is 13.1. The summed E-state index contributed by atoms with van der Waals surface area (Å²) in [5.41, 5.74) is -0.414. The van der Waals surface area contributed by atoms with Gasteiger partial charge >= 0.3 is 18.4 Å². The second-order valence-corrected chi connectivity index (χ2v) is 6.81. The predicted molar refractivity (Wildman–Crippen MR) is 76.4 cm³/mol. The van der Waals surface area contributed by atoms with E-state index < -0.39 is 35.8 Å². The lowest BCUT2D eigenvalue weighted by molar-refractivity contribution is -0.309. The summed E-state index contributed by atoms with van der Waals surface area (Å²) in [5.74, 6) is -0.147. The molecule has 1 heterocycles. The minimum atomic E-state index is -5.74. The first-order valence-electron chi connectivity index (χ1n) is 7.89. The summed E-state index contributed by atoms with van der Waals surface area (Å²) >= 11 is 0. The zero-order valence-corrected chi connectivity index (χ0v) is 13.6. The van der Waals surface area contributed by atoms with Crippen LogP contribution in [0.2, 0.25) is 0 Å². The molecule has 0 bridgehead atoms. The minimum absolute atomic E-state index is 0.0166. The Kier molecular flexibility index (Phi) is 4.67. The molecule has 1 saturated heterocycles. The van der Waals surface area contributed by atoms with Gasteiger partial charge in [-0.1, -0.05) is 6.07 Å². The Hall–Kier alpha value is -2.20. The molecule has 0 radical (unpaired) electrons. The van der Waals surface area contributed by atoms with E-state index in [1.807, 2.05) is 0 Å². The maximum absolute atomic E-state index is 13.1. The molecule has 2 aliphatic rings. The number of likely N-dealkylation sites (tertiary alicyclic amines) is 1. The molecule has 2 fully saturated rings. The van der Waals surface area contributed by atoms with Gasteiger partial charge in [-0.3, -0.25) is 0 Å². The number of hydrogen-bond acceptors (Lipinski definition) is 3. The lowest BCUT2D eigenvalue weighted by Gasteiger charge is -2.57. The lowest BCUT2D eigenvalue weighted by Crippen LogP contribution is -2.66. The largest absolute Gasteiger partial charge is 0.490 e. The summed E-state index contributed by atoms with van der Waals surface area (Å²) in [7, 11) is 0. The highest BCUT2D eigenvalue weighted by atomic mass is 19.4. The Labute approximate surface area is 148 Å². The van der Waals surface area contributed by atoms with Gasteiger partial charge in [0.1, 0.15) is 17.7 Å². The number of benzene rings is 1. The number of carbonyl (C=O) groups is 1. The van der Waals surface area contributed by atoms with Crippen LogP contribution in [-0.4, -0.2) is 48.6 Å². The number of rotatable bonds is 3. The molecule has 1 spiro atoms. The van der Waals surface area contributed by atoms with Crippen molar-refractivity contribution in [1.29, 1.82) is 0 Å². The second kappa shape index (κ2) is 6.45. The Morgan fingerprint density at radius 3 is 2.22 bits per heavy atom. The molecular formula is C16H14F7NO3. The van der Waals surface area contributed by atoms with Gasteiger partial charge in [0, 0.05) is 24.6 Å². The highest BCUT2D eigenvalue weighted by Crippen LogP contribution is 2.50. The summed E-state index contributed by atoms with van der Waals surface area (Å²) in [4.78, 5) is 12.4. The van der Waals surface area contributed by atoms with Crippen molar-refractivity contribution in [2.45, 2.75) is 37.4 Å². The third-order valence-electron chi connectivity index (χ3n) is 4.54. The fourth-order valence-corrected chi connectivity index (χ4v) is 3.37. The zero-order valence-electron chi connectivity index (χ0n) is 13.6. The highest BCUT2D eigenvalue weighted by Gasteiger charge is 2.61. The van der Waals surface area contributed by atoms with Gasteiger partial charge in [-0.05, 0) is 25.0 Å². The van der Waals surface area contributed by atoms with Crippen LogP contribution in [0.25, 0.3) is 0 Å². The first-order valence-corrected chi connectivity index (χ1v) is 7.89. The van der Waals surface area contributed by atoms with Crippen molar-refractivity contribution in [2.75, 3.05) is 13.1 Å². The van der Waals surface area contributed by atoms with Gasteiger partial charge in [0.05, 0.1) is 0 Å². The quantitative estimate of drug-likeness (QED) is 0.709. The first kappa shape index (κ1) is 19.6. The molecule has 150 valence electrons. The van der Waals surface area contributed by atoms with Crippen LogP contribution in [0.5, 0.6) is 5.75 Å². The molecule has 1 amide bonds. The Morgan fingerprint density at radius 1 is 1.11 bits per heavy atom. The van der Waals surface area contributed by atoms with Crippen molar-refractivity contribution in [3.8, 4) is 5.75 Å². The fourth-order valence-electron chi connectivity index (χ4n) is 3.37. The average molecular weight is 401 g/mol. The summed E-state index contributed by atoms with van der Waals surface area (Å²) in [5, 5.41) is 0. The third-order valence-corrected chi connectivity index (χ3v) is 4.54. The monoisotopic (exact) mass is 401 g/mol. The van der Waals surface area contributed by atoms with Crippen LogP contribution in [0, 0.1) is 11.2 Å². The number of halogens is 7. The molecule has 1 aliphatic heterocycles. The number of amides is 1. The Morgan fingerprint density at radius 2 is 1.70 bits per heavy atom. The molecule has 1 aromatic rings. The van der Waals surface area contributed by atoms with Gasteiger partial charge in [0.25, 0.3) is 6.10 Å². The molecule has 4 nitrogen and oxygen atoms in total. The molecule has 0 aromatic heterocycles. The molecule has 0 N–H and O–H groups in total. The predicted octanol–water partition coefficient (Wildman–Crippen LogP) is 4.30. The second-order valence-electron chi connectivity index (χ2n) is 6.81. The van der Waals surface area contributed by atoms with Crippen LogP contribution >= 0.6 is 0 Å². The van der Waals surface area contributed by atoms with Crippen LogP contribution in [0.15, 0.2) is 24.3 Å². The van der Waals surface area contributed by atoms with E-state index in [0.717, 1.165) is 4.90 Å². The molecular weight excluding hydrogens is 387 g/mol. The number of alkyl halides is 6. The van der Waals surface area contributed by atoms with Crippen LogP contribution in [0.4, 0.5) is 35.5 Å². The van der Waals surface area contributed by atoms with Gasteiger partial charge < -0.3 is 14.4 Å². The molecule has 3 rings (SSSR count). The van der Waals surface area contributed by atoms with Crippen molar-refractivity contribution < 1.29 is 45.0 Å². The Balaban J connectivity index is 1.48. The smallest absolute Gasteiger partial charge is 0.434 e. The molecule has 0 atom stereocenters. The van der Waals surface area contributed by atoms with Crippen molar-refractivity contribution in [3.05, 3.63) is 30.1 Å². The molecule has 1 saturated carbocycles. The first-order chi connectivity index (χ1) is 12.4. The van der Waals surface area contributed by atoms with Crippen LogP contribution in [0.1, 0.15) is 12.8 Å². The van der Waals surface area contributed by atoms with E-state index in [1.165, 1.54) is 18.2 Å². The highest BCUT2D eigenvalue weighted by molar-refractivity contribution is 5.69. The summed E-state index contributed by atoms with van der Waals surface area (Å²) < 4.78 is 96.8. The van der Waals surface area contributed by atoms with E-state index in [0.29, 0.717) is 18.6 Å². The van der Waals surface area contributed by atoms with E-state index in [-0.39, 0.29) is 19.2 Å². The van der Waals surface area contributed by atoms with Gasteiger partial charge in [0.15, 0.2) is 0 Å². The van der Waals surface area contributed by atoms with Crippen LogP contribution in [0.3, 0.4) is 0 Å². The summed E-state index contributed by atoms with van der Waals surface area (Å²) in [6.07, 6.45) is -16.6. The minimum Gasteiger partial charge on any atom is -0.490 e. The molecule has 0 unspecified atom stereocenters. The van der Waals surface area contributed by atoms with Crippen molar-refractivity contribution in [1.82, 2.24) is 4.90 Å². The van der Waals surface area contributed by atoms with E-state index in [9.17, 15) is 35.5 Å². The number of carbonyl (C=O) groups excluding carboxylic acids is 1. The molecule has 1 aromatic carbocycles. The topological polar surface area (TPSA) is 38.8 Å². The maximum Gasteiger partial charge on any atom is 0.434 e. The number of ether oxygens (including phenoxy) is 2. The molecule has 11 heteroatoms. The lowest BCUT2D eigenvalue weighted by atomic mass is 9.62. The fraction of sp³-hybridized carbons (Fsp3) is 0.562. The van der Waals surface area contributed by atoms with Crippen LogP contribution < -0.4 is 4.74 Å². The normalized spacial score (nSPS) is 19.6. The van der Waals surface area contributed by atoms with E-state index >= 15 is 0 Å². The third kappa shape index (κ3) is 4.22. The number of hydrogen-bond donors (Lipinski definition) is 0. The van der Waals surface area contributed by atoms with Gasteiger partial charge in [-0.2, -0.15) is 26.3 Å². The molecule has 27 heavy (non-hydrogen) atoms. The zero-order chi connectivity index (χ0) is 20.0. The van der Waals surface area contributed by atoms with Crippen molar-refractivity contribution in [3.63, 3.8) is 0 Å². The number of nitrogens with zero attached hydrogens (tertiary/aromatic N) is 1. The summed E-state index contributed by atoms with van der Waals surface area (Å²) in [6.45, 7) is -0.0332. The van der Waals surface area contributed by atoms with Gasteiger partial charge in [-0.25, -0.2) is 9.18 Å². The summed E-state index contributed by atoms with van der Waals surface area (Å²) in [6, 6.07) is 5.48. The average Bonchev–Trinajstić information content (AvgIpc) is 2.43. The standard InChI is InChI=1S/C16H14F7NO3/c17-9-2-1-3-10(4-9)26-11-5-14(6-11)7-24(8-14)13(25)27-12(15(18,19)20)16(21,22)23/h1-4,11-12H,5-8H2. The van der Waals surface area contributed by atoms with Crippen molar-refractivity contribution in [2.24, 2.45) is 5.41 Å².